The molecular formula is C11H20O3S. The maximum atomic E-state index is 10.6. The molecule has 0 saturated carbocycles. The first kappa shape index (κ1) is 14.5. The van der Waals surface area contributed by atoms with Crippen LogP contribution in [-0.4, -0.2) is 21.3 Å². The van der Waals surface area contributed by atoms with E-state index in [0.717, 1.165) is 44.8 Å². The highest BCUT2D eigenvalue weighted by Gasteiger charge is 1.99. The summed E-state index contributed by atoms with van der Waals surface area (Å²) in [7, 11) is -3.25. The third-order valence-corrected chi connectivity index (χ3v) is 2.61. The lowest BCUT2D eigenvalue weighted by atomic mass is 10.1. The molecule has 0 bridgehead atoms. The zero-order chi connectivity index (χ0) is 11.6. The Bertz CT molecular complexity index is 275. The van der Waals surface area contributed by atoms with Gasteiger partial charge in [-0.1, -0.05) is 25.7 Å². The number of hydrogen-bond acceptors (Lipinski definition) is 3. The van der Waals surface area contributed by atoms with Crippen LogP contribution in [0.15, 0.2) is 0 Å². The Labute approximate surface area is 93.3 Å². The standard InChI is InChI=1S/C11H20O3S/c1-3-4-5-6-7-8-9-10-11-14-15(2,12)13/h1H,4-11H2,2H3. The zero-order valence-corrected chi connectivity index (χ0v) is 10.2. The predicted molar refractivity (Wildman–Crippen MR) is 61.9 cm³/mol. The van der Waals surface area contributed by atoms with Gasteiger partial charge in [-0.05, 0) is 12.8 Å². The van der Waals surface area contributed by atoms with Gasteiger partial charge >= 0.3 is 0 Å². The van der Waals surface area contributed by atoms with E-state index in [2.05, 4.69) is 10.1 Å². The molecule has 0 N–H and O–H groups in total. The first-order chi connectivity index (χ1) is 7.06. The van der Waals surface area contributed by atoms with Gasteiger partial charge in [0, 0.05) is 6.42 Å². The van der Waals surface area contributed by atoms with Crippen molar-refractivity contribution in [2.75, 3.05) is 12.9 Å². The average Bonchev–Trinajstić information content (AvgIpc) is 2.14. The molecule has 0 rings (SSSR count). The largest absolute Gasteiger partial charge is 0.270 e. The summed E-state index contributed by atoms with van der Waals surface area (Å²) in [4.78, 5) is 0. The number of rotatable bonds is 9. The van der Waals surface area contributed by atoms with Crippen molar-refractivity contribution in [2.24, 2.45) is 0 Å². The van der Waals surface area contributed by atoms with E-state index in [4.69, 9.17) is 6.42 Å². The molecule has 0 aliphatic heterocycles. The molecule has 0 amide bonds. The van der Waals surface area contributed by atoms with Crippen molar-refractivity contribution in [3.8, 4) is 12.3 Å². The topological polar surface area (TPSA) is 43.4 Å². The number of unbranched alkanes of at least 4 members (excludes halogenated alkanes) is 6. The molecule has 0 unspecified atom stereocenters. The lowest BCUT2D eigenvalue weighted by Crippen LogP contribution is -2.03. The Morgan fingerprint density at radius 3 is 2.13 bits per heavy atom. The summed E-state index contributed by atoms with van der Waals surface area (Å²) in [5, 5.41) is 0. The van der Waals surface area contributed by atoms with Gasteiger partial charge < -0.3 is 0 Å². The van der Waals surface area contributed by atoms with E-state index in [9.17, 15) is 8.42 Å². The summed E-state index contributed by atoms with van der Waals surface area (Å²) < 4.78 is 25.8. The van der Waals surface area contributed by atoms with Crippen LogP contribution < -0.4 is 0 Å². The van der Waals surface area contributed by atoms with Crippen LogP contribution in [0.2, 0.25) is 0 Å². The molecule has 0 radical (unpaired) electrons. The van der Waals surface area contributed by atoms with E-state index in [0.29, 0.717) is 6.61 Å². The van der Waals surface area contributed by atoms with Crippen molar-refractivity contribution in [1.29, 1.82) is 0 Å². The molecule has 0 aliphatic carbocycles. The summed E-state index contributed by atoms with van der Waals surface area (Å²) in [5.41, 5.74) is 0. The Morgan fingerprint density at radius 1 is 1.07 bits per heavy atom. The zero-order valence-electron chi connectivity index (χ0n) is 9.37. The normalized spacial score (nSPS) is 11.2. The van der Waals surface area contributed by atoms with Gasteiger partial charge in [0.25, 0.3) is 10.1 Å². The Morgan fingerprint density at radius 2 is 1.60 bits per heavy atom. The molecule has 0 saturated heterocycles. The van der Waals surface area contributed by atoms with Gasteiger partial charge in [0.05, 0.1) is 12.9 Å². The van der Waals surface area contributed by atoms with Crippen LogP contribution in [0.3, 0.4) is 0 Å². The molecule has 0 heterocycles. The molecule has 3 nitrogen and oxygen atoms in total. The lowest BCUT2D eigenvalue weighted by Gasteiger charge is -2.01. The highest BCUT2D eigenvalue weighted by molar-refractivity contribution is 7.85. The van der Waals surface area contributed by atoms with E-state index >= 15 is 0 Å². The molecule has 0 aliphatic rings. The summed E-state index contributed by atoms with van der Waals surface area (Å²) in [6, 6.07) is 0. The average molecular weight is 232 g/mol. The molecule has 0 atom stereocenters. The fraction of sp³-hybridized carbons (Fsp3) is 0.818. The predicted octanol–water partition coefficient (Wildman–Crippen LogP) is 2.33. The van der Waals surface area contributed by atoms with Crippen molar-refractivity contribution >= 4 is 10.1 Å². The molecule has 0 aromatic rings. The van der Waals surface area contributed by atoms with Crippen LogP contribution in [-0.2, 0) is 14.3 Å². The number of terminal acetylenes is 1. The Hall–Kier alpha value is -0.530. The van der Waals surface area contributed by atoms with Crippen molar-refractivity contribution < 1.29 is 12.6 Å². The monoisotopic (exact) mass is 232 g/mol. The second kappa shape index (κ2) is 8.75. The Balaban J connectivity index is 3.10. The van der Waals surface area contributed by atoms with Crippen LogP contribution in [0.5, 0.6) is 0 Å². The van der Waals surface area contributed by atoms with E-state index in [-0.39, 0.29) is 0 Å². The van der Waals surface area contributed by atoms with Crippen LogP contribution in [0.25, 0.3) is 0 Å². The number of hydrogen-bond donors (Lipinski definition) is 0. The van der Waals surface area contributed by atoms with E-state index in [1.54, 1.807) is 0 Å². The SMILES string of the molecule is C#CCCCCCCCCOS(C)(=O)=O. The smallest absolute Gasteiger partial charge is 0.264 e. The highest BCUT2D eigenvalue weighted by atomic mass is 32.2. The third kappa shape index (κ3) is 13.5. The minimum Gasteiger partial charge on any atom is -0.270 e. The van der Waals surface area contributed by atoms with E-state index < -0.39 is 10.1 Å². The maximum Gasteiger partial charge on any atom is 0.264 e. The third-order valence-electron chi connectivity index (χ3n) is 2.01. The minimum absolute atomic E-state index is 0.309. The summed E-state index contributed by atoms with van der Waals surface area (Å²) in [6.07, 6.45) is 13.4. The first-order valence-corrected chi connectivity index (χ1v) is 7.16. The minimum atomic E-state index is -3.25. The first-order valence-electron chi connectivity index (χ1n) is 5.34. The Kier molecular flexibility index (Phi) is 8.44. The van der Waals surface area contributed by atoms with Crippen molar-refractivity contribution in [3.05, 3.63) is 0 Å². The molecule has 0 fully saturated rings. The van der Waals surface area contributed by atoms with Crippen molar-refractivity contribution in [2.45, 2.75) is 44.9 Å². The molecule has 88 valence electrons. The van der Waals surface area contributed by atoms with Gasteiger partial charge in [-0.25, -0.2) is 0 Å². The van der Waals surface area contributed by atoms with Gasteiger partial charge in [0.2, 0.25) is 0 Å². The van der Waals surface area contributed by atoms with Crippen molar-refractivity contribution in [1.82, 2.24) is 0 Å². The van der Waals surface area contributed by atoms with Gasteiger partial charge in [0.1, 0.15) is 0 Å². The van der Waals surface area contributed by atoms with E-state index in [1.807, 2.05) is 0 Å². The van der Waals surface area contributed by atoms with Crippen LogP contribution in [0, 0.1) is 12.3 Å². The maximum absolute atomic E-state index is 10.6. The fourth-order valence-corrected chi connectivity index (χ4v) is 1.67. The molecule has 0 spiro atoms. The van der Waals surface area contributed by atoms with Crippen LogP contribution in [0.4, 0.5) is 0 Å². The molecule has 15 heavy (non-hydrogen) atoms. The second-order valence-electron chi connectivity index (χ2n) is 3.60. The van der Waals surface area contributed by atoms with Crippen molar-refractivity contribution in [3.63, 3.8) is 0 Å². The van der Waals surface area contributed by atoms with E-state index in [1.165, 1.54) is 6.42 Å². The highest BCUT2D eigenvalue weighted by Crippen LogP contribution is 2.07. The molecular weight excluding hydrogens is 212 g/mol. The molecule has 4 heteroatoms. The van der Waals surface area contributed by atoms with Gasteiger partial charge in [0.15, 0.2) is 0 Å². The summed E-state index contributed by atoms with van der Waals surface area (Å²) in [6.45, 7) is 0.309. The second-order valence-corrected chi connectivity index (χ2v) is 5.25. The quantitative estimate of drug-likeness (QED) is 0.348. The van der Waals surface area contributed by atoms with Gasteiger partial charge in [-0.2, -0.15) is 8.42 Å². The van der Waals surface area contributed by atoms with Crippen LogP contribution >= 0.6 is 0 Å². The molecule has 0 aromatic carbocycles. The fourth-order valence-electron chi connectivity index (χ4n) is 1.25. The van der Waals surface area contributed by atoms with Gasteiger partial charge in [-0.15, -0.1) is 12.3 Å². The molecule has 0 aromatic heterocycles. The summed E-state index contributed by atoms with van der Waals surface area (Å²) >= 11 is 0. The van der Waals surface area contributed by atoms with Crippen LogP contribution in [0.1, 0.15) is 44.9 Å². The summed E-state index contributed by atoms with van der Waals surface area (Å²) in [5.74, 6) is 2.61. The lowest BCUT2D eigenvalue weighted by molar-refractivity contribution is 0.309. The van der Waals surface area contributed by atoms with Gasteiger partial charge in [-0.3, -0.25) is 4.18 Å².